The van der Waals surface area contributed by atoms with Crippen molar-refractivity contribution in [1.82, 2.24) is 0 Å². The lowest BCUT2D eigenvalue weighted by atomic mass is 10.1. The maximum atomic E-state index is 11.2. The van der Waals surface area contributed by atoms with E-state index in [0.29, 0.717) is 28.2 Å². The summed E-state index contributed by atoms with van der Waals surface area (Å²) in [4.78, 5) is 11.8. The summed E-state index contributed by atoms with van der Waals surface area (Å²) < 4.78 is 9.20. The topological polar surface area (TPSA) is 81.9 Å². The molecule has 0 amide bonds. The Labute approximate surface area is 134 Å². The molecule has 5 nitrogen and oxygen atoms in total. The standard InChI is InChI=1S/C16H18N2O3S/c1-4-6-12(15(5-2)22-21)10-17-18-14-8-7-11(3)9-13(14)16(19)20/h4-10,18,21H,1H2,2-3H3,(H,19,20)/b12-6-,15-5+,17-10+. The third-order valence-corrected chi connectivity index (χ3v) is 3.40. The fourth-order valence-corrected chi connectivity index (χ4v) is 2.02. The molecule has 22 heavy (non-hydrogen) atoms. The van der Waals surface area contributed by atoms with Crippen molar-refractivity contribution in [2.75, 3.05) is 5.43 Å². The molecule has 0 fully saturated rings. The number of benzene rings is 1. The van der Waals surface area contributed by atoms with Crippen molar-refractivity contribution in [2.24, 2.45) is 5.10 Å². The molecule has 0 aliphatic carbocycles. The first kappa shape index (κ1) is 17.7. The molecule has 0 unspecified atom stereocenters. The Morgan fingerprint density at radius 1 is 1.45 bits per heavy atom. The number of rotatable bonds is 7. The van der Waals surface area contributed by atoms with Crippen molar-refractivity contribution in [3.05, 3.63) is 64.6 Å². The number of aryl methyl sites for hydroxylation is 1. The van der Waals surface area contributed by atoms with Gasteiger partial charge in [-0.15, -0.1) is 0 Å². The molecule has 0 atom stereocenters. The van der Waals surface area contributed by atoms with Gasteiger partial charge in [0, 0.05) is 22.5 Å². The van der Waals surface area contributed by atoms with E-state index >= 15 is 0 Å². The number of anilines is 1. The zero-order valence-electron chi connectivity index (χ0n) is 12.4. The van der Waals surface area contributed by atoms with Gasteiger partial charge >= 0.3 is 5.97 Å². The Hall–Kier alpha value is -2.31. The Morgan fingerprint density at radius 3 is 2.73 bits per heavy atom. The molecule has 1 aromatic carbocycles. The molecular weight excluding hydrogens is 300 g/mol. The Morgan fingerprint density at radius 2 is 2.18 bits per heavy atom. The molecule has 0 spiro atoms. The molecule has 116 valence electrons. The van der Waals surface area contributed by atoms with Crippen molar-refractivity contribution in [2.45, 2.75) is 13.8 Å². The second-order valence-electron chi connectivity index (χ2n) is 4.33. The number of allylic oxidation sites excluding steroid dienone is 4. The zero-order valence-corrected chi connectivity index (χ0v) is 13.2. The normalized spacial score (nSPS) is 12.5. The molecule has 6 heteroatoms. The maximum Gasteiger partial charge on any atom is 0.337 e. The quantitative estimate of drug-likeness (QED) is 0.302. The van der Waals surface area contributed by atoms with Gasteiger partial charge < -0.3 is 9.66 Å². The lowest BCUT2D eigenvalue weighted by molar-refractivity contribution is 0.0698. The number of hydrogen-bond acceptors (Lipinski definition) is 5. The summed E-state index contributed by atoms with van der Waals surface area (Å²) in [6.45, 7) is 7.22. The highest BCUT2D eigenvalue weighted by Crippen LogP contribution is 2.20. The van der Waals surface area contributed by atoms with Crippen molar-refractivity contribution in [1.29, 1.82) is 0 Å². The summed E-state index contributed by atoms with van der Waals surface area (Å²) in [6, 6.07) is 5.03. The van der Waals surface area contributed by atoms with Crippen LogP contribution in [0.2, 0.25) is 0 Å². The van der Waals surface area contributed by atoms with E-state index in [1.165, 1.54) is 6.21 Å². The van der Waals surface area contributed by atoms with Crippen molar-refractivity contribution < 1.29 is 14.5 Å². The van der Waals surface area contributed by atoms with Gasteiger partial charge in [-0.1, -0.05) is 36.4 Å². The number of carboxylic acids is 1. The number of aromatic carboxylic acids is 1. The highest BCUT2D eigenvalue weighted by atomic mass is 32.2. The Kier molecular flexibility index (Phi) is 7.15. The van der Waals surface area contributed by atoms with Crippen molar-refractivity contribution >= 4 is 29.9 Å². The van der Waals surface area contributed by atoms with Crippen LogP contribution in [0.25, 0.3) is 0 Å². The lowest BCUT2D eigenvalue weighted by Crippen LogP contribution is -2.03. The first-order valence-corrected chi connectivity index (χ1v) is 7.24. The predicted octanol–water partition coefficient (Wildman–Crippen LogP) is 4.31. The molecule has 0 aromatic heterocycles. The van der Waals surface area contributed by atoms with Crippen molar-refractivity contribution in [3.63, 3.8) is 0 Å². The van der Waals surface area contributed by atoms with Gasteiger partial charge in [0.1, 0.15) is 0 Å². The third kappa shape index (κ3) is 4.91. The monoisotopic (exact) mass is 318 g/mol. The Bertz CT molecular complexity index is 649. The van der Waals surface area contributed by atoms with E-state index in [2.05, 4.69) is 17.1 Å². The van der Waals surface area contributed by atoms with Gasteiger partial charge in [-0.05, 0) is 26.0 Å². The highest BCUT2D eigenvalue weighted by molar-refractivity contribution is 7.98. The number of hydrogen-bond donors (Lipinski definition) is 3. The predicted molar refractivity (Wildman–Crippen MR) is 92.5 cm³/mol. The van der Waals surface area contributed by atoms with Crippen LogP contribution in [0.4, 0.5) is 5.69 Å². The smallest absolute Gasteiger partial charge is 0.337 e. The van der Waals surface area contributed by atoms with Gasteiger partial charge in [0.15, 0.2) is 0 Å². The van der Waals surface area contributed by atoms with Crippen LogP contribution in [0, 0.1) is 6.92 Å². The minimum Gasteiger partial charge on any atom is -0.478 e. The van der Waals surface area contributed by atoms with E-state index in [0.717, 1.165) is 5.56 Å². The number of nitrogens with zero attached hydrogens (tertiary/aromatic N) is 1. The van der Waals surface area contributed by atoms with Gasteiger partial charge in [0.2, 0.25) is 0 Å². The third-order valence-electron chi connectivity index (χ3n) is 2.74. The van der Waals surface area contributed by atoms with Gasteiger partial charge in [-0.3, -0.25) is 5.43 Å². The van der Waals surface area contributed by atoms with E-state index in [1.54, 1.807) is 43.4 Å². The molecule has 3 N–H and O–H groups in total. The van der Waals surface area contributed by atoms with Gasteiger partial charge in [-0.25, -0.2) is 4.79 Å². The molecular formula is C16H18N2O3S. The van der Waals surface area contributed by atoms with Crippen LogP contribution < -0.4 is 5.43 Å². The van der Waals surface area contributed by atoms with Gasteiger partial charge in [0.05, 0.1) is 17.5 Å². The van der Waals surface area contributed by atoms with E-state index in [1.807, 2.05) is 6.92 Å². The van der Waals surface area contributed by atoms with E-state index in [9.17, 15) is 14.5 Å². The second kappa shape index (κ2) is 8.86. The summed E-state index contributed by atoms with van der Waals surface area (Å²) in [5.41, 5.74) is 4.76. The van der Waals surface area contributed by atoms with Crippen LogP contribution in [0.3, 0.4) is 0 Å². The lowest BCUT2D eigenvalue weighted by Gasteiger charge is -2.07. The number of carbonyl (C=O) groups is 1. The van der Waals surface area contributed by atoms with Crippen LogP contribution in [-0.2, 0) is 0 Å². The summed E-state index contributed by atoms with van der Waals surface area (Å²) in [5, 5.41) is 13.2. The van der Waals surface area contributed by atoms with Crippen LogP contribution in [0.15, 0.2) is 58.6 Å². The van der Waals surface area contributed by atoms with E-state index in [4.69, 9.17) is 0 Å². The summed E-state index contributed by atoms with van der Waals surface area (Å²) in [7, 11) is 0. The van der Waals surface area contributed by atoms with E-state index in [-0.39, 0.29) is 5.56 Å². The summed E-state index contributed by atoms with van der Waals surface area (Å²) in [6.07, 6.45) is 6.50. The maximum absolute atomic E-state index is 11.2. The first-order valence-electron chi connectivity index (χ1n) is 6.47. The average Bonchev–Trinajstić information content (AvgIpc) is 2.49. The zero-order chi connectivity index (χ0) is 16.5. The second-order valence-corrected chi connectivity index (χ2v) is 4.95. The molecule has 0 saturated carbocycles. The minimum absolute atomic E-state index is 0.147. The minimum atomic E-state index is -1.02. The largest absolute Gasteiger partial charge is 0.478 e. The van der Waals surface area contributed by atoms with E-state index < -0.39 is 5.97 Å². The molecule has 1 rings (SSSR count). The fraction of sp³-hybridized carbons (Fsp3) is 0.125. The van der Waals surface area contributed by atoms with Gasteiger partial charge in [0.25, 0.3) is 0 Å². The van der Waals surface area contributed by atoms with Crippen LogP contribution >= 0.6 is 12.0 Å². The molecule has 0 aliphatic heterocycles. The van der Waals surface area contributed by atoms with Crippen LogP contribution in [-0.4, -0.2) is 21.8 Å². The molecule has 0 heterocycles. The SMILES string of the molecule is C=C/C=C(/C=N/Nc1ccc(C)cc1C(=O)O)C(=C/C)\SO. The number of hydrazone groups is 1. The highest BCUT2D eigenvalue weighted by Gasteiger charge is 2.09. The number of carboxylic acid groups (broad SMARTS) is 1. The summed E-state index contributed by atoms with van der Waals surface area (Å²) >= 11 is 0.606. The molecule has 0 saturated heterocycles. The molecule has 1 aromatic rings. The van der Waals surface area contributed by atoms with Crippen LogP contribution in [0.5, 0.6) is 0 Å². The van der Waals surface area contributed by atoms with Crippen LogP contribution in [0.1, 0.15) is 22.8 Å². The average molecular weight is 318 g/mol. The Balaban J connectivity index is 2.99. The number of nitrogens with one attached hydrogen (secondary N) is 1. The molecule has 0 radical (unpaired) electrons. The fourth-order valence-electron chi connectivity index (χ4n) is 1.69. The molecule has 0 aliphatic rings. The van der Waals surface area contributed by atoms with Gasteiger partial charge in [-0.2, -0.15) is 5.10 Å². The molecule has 0 bridgehead atoms. The van der Waals surface area contributed by atoms with Crippen molar-refractivity contribution in [3.8, 4) is 0 Å². The first-order chi connectivity index (χ1) is 10.5. The summed E-state index contributed by atoms with van der Waals surface area (Å²) in [5.74, 6) is -1.02.